The minimum atomic E-state index is -0.238. The lowest BCUT2D eigenvalue weighted by Crippen LogP contribution is -2.43. The summed E-state index contributed by atoms with van der Waals surface area (Å²) in [5, 5.41) is 0. The van der Waals surface area contributed by atoms with Crippen molar-refractivity contribution in [1.82, 2.24) is 4.90 Å². The van der Waals surface area contributed by atoms with Crippen LogP contribution in [-0.4, -0.2) is 43.0 Å². The number of piperidine rings is 1. The SMILES string of the molecule is CCOC(=O)C(C)CN1CCCC(C(N)=O)C1. The Morgan fingerprint density at radius 1 is 1.53 bits per heavy atom. The predicted octanol–water partition coefficient (Wildman–Crippen LogP) is 0.383. The highest BCUT2D eigenvalue weighted by molar-refractivity contribution is 5.77. The first-order valence-corrected chi connectivity index (χ1v) is 6.22. The number of rotatable bonds is 5. The number of amides is 1. The Hall–Kier alpha value is -1.10. The molecule has 98 valence electrons. The second kappa shape index (κ2) is 6.59. The number of carbonyl (C=O) groups excluding carboxylic acids is 2. The van der Waals surface area contributed by atoms with E-state index in [0.29, 0.717) is 19.7 Å². The smallest absolute Gasteiger partial charge is 0.309 e. The highest BCUT2D eigenvalue weighted by Gasteiger charge is 2.26. The number of ether oxygens (including phenoxy) is 1. The maximum absolute atomic E-state index is 11.5. The van der Waals surface area contributed by atoms with Crippen molar-refractivity contribution in [3.05, 3.63) is 0 Å². The summed E-state index contributed by atoms with van der Waals surface area (Å²) in [6.45, 7) is 6.29. The van der Waals surface area contributed by atoms with Crippen molar-refractivity contribution in [2.75, 3.05) is 26.2 Å². The molecule has 5 heteroatoms. The topological polar surface area (TPSA) is 72.6 Å². The van der Waals surface area contributed by atoms with Crippen LogP contribution in [0.5, 0.6) is 0 Å². The Morgan fingerprint density at radius 3 is 2.82 bits per heavy atom. The van der Waals surface area contributed by atoms with Crippen molar-refractivity contribution in [3.63, 3.8) is 0 Å². The molecule has 17 heavy (non-hydrogen) atoms. The number of hydrogen-bond donors (Lipinski definition) is 1. The average Bonchev–Trinajstić information content (AvgIpc) is 2.29. The highest BCUT2D eigenvalue weighted by Crippen LogP contribution is 2.17. The number of nitrogens with zero attached hydrogens (tertiary/aromatic N) is 1. The Labute approximate surface area is 102 Å². The third-order valence-electron chi connectivity index (χ3n) is 3.13. The van der Waals surface area contributed by atoms with Crippen LogP contribution in [0, 0.1) is 11.8 Å². The molecule has 5 nitrogen and oxygen atoms in total. The van der Waals surface area contributed by atoms with Crippen LogP contribution in [0.4, 0.5) is 0 Å². The molecule has 1 aliphatic heterocycles. The molecule has 0 aromatic carbocycles. The van der Waals surface area contributed by atoms with Gasteiger partial charge >= 0.3 is 5.97 Å². The Balaban J connectivity index is 2.40. The van der Waals surface area contributed by atoms with E-state index in [1.165, 1.54) is 0 Å². The summed E-state index contributed by atoms with van der Waals surface area (Å²) in [6.07, 6.45) is 1.82. The van der Waals surface area contributed by atoms with Crippen molar-refractivity contribution in [3.8, 4) is 0 Å². The Kier molecular flexibility index (Phi) is 5.41. The lowest BCUT2D eigenvalue weighted by molar-refractivity contribution is -0.148. The lowest BCUT2D eigenvalue weighted by atomic mass is 9.96. The van der Waals surface area contributed by atoms with Crippen LogP contribution < -0.4 is 5.73 Å². The second-order valence-corrected chi connectivity index (χ2v) is 4.65. The molecule has 1 amide bonds. The van der Waals surface area contributed by atoms with E-state index in [1.807, 2.05) is 6.92 Å². The predicted molar refractivity (Wildman–Crippen MR) is 64.2 cm³/mol. The van der Waals surface area contributed by atoms with Crippen LogP contribution in [0.1, 0.15) is 26.7 Å². The summed E-state index contributed by atoms with van der Waals surface area (Å²) >= 11 is 0. The molecule has 2 atom stereocenters. The van der Waals surface area contributed by atoms with Crippen molar-refractivity contribution in [1.29, 1.82) is 0 Å². The van der Waals surface area contributed by atoms with Gasteiger partial charge in [0, 0.05) is 13.1 Å². The van der Waals surface area contributed by atoms with E-state index in [2.05, 4.69) is 4.90 Å². The summed E-state index contributed by atoms with van der Waals surface area (Å²) < 4.78 is 4.96. The lowest BCUT2D eigenvalue weighted by Gasteiger charge is -2.32. The second-order valence-electron chi connectivity index (χ2n) is 4.65. The Morgan fingerprint density at radius 2 is 2.24 bits per heavy atom. The van der Waals surface area contributed by atoms with E-state index in [1.54, 1.807) is 6.92 Å². The zero-order chi connectivity index (χ0) is 12.8. The molecule has 0 saturated carbocycles. The van der Waals surface area contributed by atoms with Crippen LogP contribution in [0.15, 0.2) is 0 Å². The number of nitrogens with two attached hydrogens (primary N) is 1. The maximum Gasteiger partial charge on any atom is 0.309 e. The van der Waals surface area contributed by atoms with E-state index in [4.69, 9.17) is 10.5 Å². The van der Waals surface area contributed by atoms with Crippen LogP contribution >= 0.6 is 0 Å². The normalized spacial score (nSPS) is 23.1. The molecule has 1 fully saturated rings. The molecule has 1 rings (SSSR count). The molecule has 0 aliphatic carbocycles. The van der Waals surface area contributed by atoms with Gasteiger partial charge in [-0.05, 0) is 26.3 Å². The van der Waals surface area contributed by atoms with E-state index in [0.717, 1.165) is 19.4 Å². The minimum absolute atomic E-state index is 0.0712. The maximum atomic E-state index is 11.5. The van der Waals surface area contributed by atoms with Gasteiger partial charge in [0.25, 0.3) is 0 Å². The molecular formula is C12H22N2O3. The first-order valence-electron chi connectivity index (χ1n) is 6.22. The fraction of sp³-hybridized carbons (Fsp3) is 0.833. The highest BCUT2D eigenvalue weighted by atomic mass is 16.5. The number of esters is 1. The van der Waals surface area contributed by atoms with Gasteiger partial charge in [0.2, 0.25) is 5.91 Å². The number of carbonyl (C=O) groups is 2. The minimum Gasteiger partial charge on any atom is -0.466 e. The molecule has 0 radical (unpaired) electrons. The summed E-state index contributed by atoms with van der Waals surface area (Å²) in [7, 11) is 0. The van der Waals surface area contributed by atoms with Crippen molar-refractivity contribution < 1.29 is 14.3 Å². The molecule has 1 saturated heterocycles. The van der Waals surface area contributed by atoms with Crippen LogP contribution in [0.25, 0.3) is 0 Å². The standard InChI is InChI=1S/C12H22N2O3/c1-3-17-12(16)9(2)7-14-6-4-5-10(8-14)11(13)15/h9-10H,3-8H2,1-2H3,(H2,13,15). The van der Waals surface area contributed by atoms with Crippen molar-refractivity contribution in [2.45, 2.75) is 26.7 Å². The van der Waals surface area contributed by atoms with Gasteiger partial charge in [-0.15, -0.1) is 0 Å². The molecular weight excluding hydrogens is 220 g/mol. The fourth-order valence-electron chi connectivity index (χ4n) is 2.20. The van der Waals surface area contributed by atoms with Crippen LogP contribution in [0.2, 0.25) is 0 Å². The third kappa shape index (κ3) is 4.34. The van der Waals surface area contributed by atoms with Gasteiger partial charge in [0.1, 0.15) is 0 Å². The molecule has 0 aromatic heterocycles. The average molecular weight is 242 g/mol. The van der Waals surface area contributed by atoms with Gasteiger partial charge in [-0.25, -0.2) is 0 Å². The number of primary amides is 1. The van der Waals surface area contributed by atoms with E-state index < -0.39 is 0 Å². The van der Waals surface area contributed by atoms with Crippen LogP contribution in [-0.2, 0) is 14.3 Å². The van der Waals surface area contributed by atoms with Crippen LogP contribution in [0.3, 0.4) is 0 Å². The molecule has 2 N–H and O–H groups in total. The van der Waals surface area contributed by atoms with Gasteiger partial charge in [-0.2, -0.15) is 0 Å². The molecule has 1 heterocycles. The molecule has 0 aromatic rings. The molecule has 0 spiro atoms. The zero-order valence-corrected chi connectivity index (χ0v) is 10.6. The van der Waals surface area contributed by atoms with Crippen molar-refractivity contribution >= 4 is 11.9 Å². The van der Waals surface area contributed by atoms with Gasteiger partial charge < -0.3 is 15.4 Å². The van der Waals surface area contributed by atoms with E-state index in [9.17, 15) is 9.59 Å². The van der Waals surface area contributed by atoms with E-state index >= 15 is 0 Å². The van der Waals surface area contributed by atoms with Crippen molar-refractivity contribution in [2.24, 2.45) is 17.6 Å². The molecule has 1 aliphatic rings. The summed E-state index contributed by atoms with van der Waals surface area (Å²) in [4.78, 5) is 24.7. The van der Waals surface area contributed by atoms with Gasteiger partial charge in [-0.3, -0.25) is 9.59 Å². The molecule has 0 bridgehead atoms. The van der Waals surface area contributed by atoms with Gasteiger partial charge in [0.05, 0.1) is 18.4 Å². The van der Waals surface area contributed by atoms with Gasteiger partial charge in [-0.1, -0.05) is 6.92 Å². The Bertz CT molecular complexity index is 281. The summed E-state index contributed by atoms with van der Waals surface area (Å²) in [6, 6.07) is 0. The first kappa shape index (κ1) is 14.0. The zero-order valence-electron chi connectivity index (χ0n) is 10.6. The fourth-order valence-corrected chi connectivity index (χ4v) is 2.20. The quantitative estimate of drug-likeness (QED) is 0.707. The largest absolute Gasteiger partial charge is 0.466 e. The van der Waals surface area contributed by atoms with Gasteiger partial charge in [0.15, 0.2) is 0 Å². The number of hydrogen-bond acceptors (Lipinski definition) is 4. The monoisotopic (exact) mass is 242 g/mol. The summed E-state index contributed by atoms with van der Waals surface area (Å²) in [5.41, 5.74) is 5.31. The van der Waals surface area contributed by atoms with E-state index in [-0.39, 0.29) is 23.7 Å². The summed E-state index contributed by atoms with van der Waals surface area (Å²) in [5.74, 6) is -0.632. The molecule has 2 unspecified atom stereocenters. The first-order chi connectivity index (χ1) is 8.04. The number of likely N-dealkylation sites (tertiary alicyclic amines) is 1. The third-order valence-corrected chi connectivity index (χ3v) is 3.13.